The highest BCUT2D eigenvalue weighted by molar-refractivity contribution is 6.39. The molecular weight excluding hydrogens is 427 g/mol. The van der Waals surface area contributed by atoms with Crippen molar-refractivity contribution in [3.63, 3.8) is 0 Å². The minimum absolute atomic E-state index is 0.0267. The maximum Gasteiger partial charge on any atom is 0.185 e. The molecule has 1 atom stereocenters. The molecule has 7 nitrogen and oxygen atoms in total. The summed E-state index contributed by atoms with van der Waals surface area (Å²) < 4.78 is 11.1. The molecule has 156 valence electrons. The molecule has 1 unspecified atom stereocenters. The fourth-order valence-corrected chi connectivity index (χ4v) is 3.95. The standard InChI is InChI=1S/C21H20Cl2N4O3/c22-15-3-1-4-16(23)21(15)18-12-19(30-26-18)17-11-14(5-6-24-17)25-20-13-29-10-8-27(20)7-2-9-28/h1,3-6,9,11-12,20H,2,7-8,10,13H2,(H,24,25). The van der Waals surface area contributed by atoms with Crippen LogP contribution in [0.3, 0.4) is 0 Å². The predicted molar refractivity (Wildman–Crippen MR) is 116 cm³/mol. The maximum absolute atomic E-state index is 10.7. The van der Waals surface area contributed by atoms with Crippen LogP contribution < -0.4 is 5.32 Å². The lowest BCUT2D eigenvalue weighted by Gasteiger charge is -2.36. The number of halogens is 2. The quantitative estimate of drug-likeness (QED) is 0.539. The normalized spacial score (nSPS) is 17.1. The first kappa shape index (κ1) is 20.8. The van der Waals surface area contributed by atoms with Crippen molar-refractivity contribution in [1.82, 2.24) is 15.0 Å². The van der Waals surface area contributed by atoms with Crippen molar-refractivity contribution in [3.8, 4) is 22.7 Å². The molecule has 1 saturated heterocycles. The van der Waals surface area contributed by atoms with E-state index in [0.717, 1.165) is 18.5 Å². The second kappa shape index (κ2) is 9.57. The zero-order valence-electron chi connectivity index (χ0n) is 16.1. The van der Waals surface area contributed by atoms with E-state index in [0.29, 0.717) is 58.9 Å². The molecule has 0 amide bonds. The van der Waals surface area contributed by atoms with Gasteiger partial charge in [0.25, 0.3) is 0 Å². The van der Waals surface area contributed by atoms with Crippen molar-refractivity contribution >= 4 is 35.2 Å². The molecule has 0 aliphatic carbocycles. The van der Waals surface area contributed by atoms with Gasteiger partial charge in [-0.1, -0.05) is 34.4 Å². The van der Waals surface area contributed by atoms with Gasteiger partial charge in [-0.2, -0.15) is 0 Å². The summed E-state index contributed by atoms with van der Waals surface area (Å²) in [5, 5.41) is 8.55. The smallest absolute Gasteiger partial charge is 0.185 e. The average molecular weight is 447 g/mol. The van der Waals surface area contributed by atoms with Gasteiger partial charge in [-0.3, -0.25) is 9.88 Å². The van der Waals surface area contributed by atoms with Crippen LogP contribution in [0.15, 0.2) is 47.1 Å². The second-order valence-corrected chi connectivity index (χ2v) is 7.64. The molecule has 2 aromatic heterocycles. The van der Waals surface area contributed by atoms with Crippen LogP contribution in [0.2, 0.25) is 10.0 Å². The Labute approximate surface area is 183 Å². The van der Waals surface area contributed by atoms with E-state index in [1.54, 1.807) is 30.5 Å². The summed E-state index contributed by atoms with van der Waals surface area (Å²) in [5.41, 5.74) is 2.65. The molecule has 1 aliphatic heterocycles. The molecule has 3 aromatic rings. The fourth-order valence-electron chi connectivity index (χ4n) is 3.36. The Morgan fingerprint density at radius 3 is 2.83 bits per heavy atom. The molecule has 0 saturated carbocycles. The lowest BCUT2D eigenvalue weighted by atomic mass is 10.1. The summed E-state index contributed by atoms with van der Waals surface area (Å²) >= 11 is 12.5. The molecule has 4 rings (SSSR count). The Bertz CT molecular complexity index is 1010. The molecule has 30 heavy (non-hydrogen) atoms. The number of aldehydes is 1. The molecule has 1 aromatic carbocycles. The zero-order chi connectivity index (χ0) is 20.9. The van der Waals surface area contributed by atoms with Crippen LogP contribution in [0.5, 0.6) is 0 Å². The number of anilines is 1. The van der Waals surface area contributed by atoms with Crippen molar-refractivity contribution in [3.05, 3.63) is 52.6 Å². The number of carbonyl (C=O) groups is 1. The van der Waals surface area contributed by atoms with Crippen LogP contribution in [-0.2, 0) is 9.53 Å². The van der Waals surface area contributed by atoms with Crippen LogP contribution in [0.4, 0.5) is 5.69 Å². The maximum atomic E-state index is 10.7. The third-order valence-electron chi connectivity index (χ3n) is 4.85. The van der Waals surface area contributed by atoms with Gasteiger partial charge in [0.15, 0.2) is 5.76 Å². The monoisotopic (exact) mass is 446 g/mol. The lowest BCUT2D eigenvalue weighted by molar-refractivity contribution is -0.108. The highest BCUT2D eigenvalue weighted by Crippen LogP contribution is 2.35. The molecule has 0 bridgehead atoms. The highest BCUT2D eigenvalue weighted by Gasteiger charge is 2.23. The third kappa shape index (κ3) is 4.65. The lowest BCUT2D eigenvalue weighted by Crippen LogP contribution is -2.50. The van der Waals surface area contributed by atoms with Gasteiger partial charge < -0.3 is 19.4 Å². The number of aromatic nitrogens is 2. The Morgan fingerprint density at radius 2 is 2.03 bits per heavy atom. The minimum atomic E-state index is -0.0267. The largest absolute Gasteiger partial charge is 0.377 e. The molecule has 0 spiro atoms. The van der Waals surface area contributed by atoms with E-state index in [1.807, 2.05) is 12.1 Å². The van der Waals surface area contributed by atoms with Crippen LogP contribution in [0.25, 0.3) is 22.7 Å². The summed E-state index contributed by atoms with van der Waals surface area (Å²) in [7, 11) is 0. The van der Waals surface area contributed by atoms with Crippen molar-refractivity contribution < 1.29 is 14.1 Å². The van der Waals surface area contributed by atoms with E-state index in [-0.39, 0.29) is 6.17 Å². The van der Waals surface area contributed by atoms with E-state index in [2.05, 4.69) is 20.4 Å². The highest BCUT2D eigenvalue weighted by atomic mass is 35.5. The molecule has 1 aliphatic rings. The number of morpholine rings is 1. The van der Waals surface area contributed by atoms with Gasteiger partial charge in [-0.25, -0.2) is 0 Å². The number of hydrogen-bond acceptors (Lipinski definition) is 7. The van der Waals surface area contributed by atoms with Crippen LogP contribution >= 0.6 is 23.2 Å². The van der Waals surface area contributed by atoms with Crippen molar-refractivity contribution in [1.29, 1.82) is 0 Å². The zero-order valence-corrected chi connectivity index (χ0v) is 17.6. The van der Waals surface area contributed by atoms with Crippen molar-refractivity contribution in [2.45, 2.75) is 12.6 Å². The van der Waals surface area contributed by atoms with Crippen LogP contribution in [0.1, 0.15) is 6.42 Å². The molecule has 9 heteroatoms. The molecule has 1 fully saturated rings. The first-order valence-corrected chi connectivity index (χ1v) is 10.3. The van der Waals surface area contributed by atoms with E-state index in [4.69, 9.17) is 32.5 Å². The van der Waals surface area contributed by atoms with E-state index in [9.17, 15) is 4.79 Å². The predicted octanol–water partition coefficient (Wildman–Crippen LogP) is 4.37. The summed E-state index contributed by atoms with van der Waals surface area (Å²) in [6.07, 6.45) is 3.10. The summed E-state index contributed by atoms with van der Waals surface area (Å²) in [4.78, 5) is 17.3. The third-order valence-corrected chi connectivity index (χ3v) is 5.48. The van der Waals surface area contributed by atoms with E-state index in [1.165, 1.54) is 0 Å². The second-order valence-electron chi connectivity index (χ2n) is 6.83. The van der Waals surface area contributed by atoms with Gasteiger partial charge >= 0.3 is 0 Å². The topological polar surface area (TPSA) is 80.5 Å². The van der Waals surface area contributed by atoms with Gasteiger partial charge in [0, 0.05) is 43.0 Å². The van der Waals surface area contributed by atoms with Crippen molar-refractivity contribution in [2.24, 2.45) is 0 Å². The first-order chi connectivity index (χ1) is 14.7. The number of benzene rings is 1. The summed E-state index contributed by atoms with van der Waals surface area (Å²) in [6.45, 7) is 2.65. The molecular formula is C21H20Cl2N4O3. The summed E-state index contributed by atoms with van der Waals surface area (Å²) in [5.74, 6) is 0.502. The number of nitrogens with one attached hydrogen (secondary N) is 1. The van der Waals surface area contributed by atoms with E-state index < -0.39 is 0 Å². The fraction of sp³-hybridized carbons (Fsp3) is 0.286. The van der Waals surface area contributed by atoms with Crippen molar-refractivity contribution in [2.75, 3.05) is 31.6 Å². The average Bonchev–Trinajstić information content (AvgIpc) is 3.23. The minimum Gasteiger partial charge on any atom is -0.377 e. The SMILES string of the molecule is O=CCCN1CCOCC1Nc1ccnc(-c2cc(-c3c(Cl)cccc3Cl)no2)c1. The van der Waals surface area contributed by atoms with Gasteiger partial charge in [-0.15, -0.1) is 0 Å². The van der Waals surface area contributed by atoms with Gasteiger partial charge in [0.2, 0.25) is 0 Å². The Balaban J connectivity index is 1.54. The number of carbonyl (C=O) groups excluding carboxylic acids is 1. The molecule has 3 heterocycles. The molecule has 1 N–H and O–H groups in total. The number of pyridine rings is 1. The van der Waals surface area contributed by atoms with Crippen LogP contribution in [-0.4, -0.2) is 53.8 Å². The Morgan fingerprint density at radius 1 is 1.20 bits per heavy atom. The molecule has 0 radical (unpaired) electrons. The number of rotatable bonds is 7. The number of nitrogens with zero attached hydrogens (tertiary/aromatic N) is 3. The Hall–Kier alpha value is -2.45. The van der Waals surface area contributed by atoms with E-state index >= 15 is 0 Å². The number of hydrogen-bond donors (Lipinski definition) is 1. The Kier molecular flexibility index (Phi) is 6.64. The number of ether oxygens (including phenoxy) is 1. The van der Waals surface area contributed by atoms with Gasteiger partial charge in [-0.05, 0) is 24.3 Å². The summed E-state index contributed by atoms with van der Waals surface area (Å²) in [6, 6.07) is 10.8. The van der Waals surface area contributed by atoms with Crippen LogP contribution in [0, 0.1) is 0 Å². The van der Waals surface area contributed by atoms with Gasteiger partial charge in [0.05, 0.1) is 23.3 Å². The first-order valence-electron chi connectivity index (χ1n) is 9.55. The van der Waals surface area contributed by atoms with Gasteiger partial charge in [0.1, 0.15) is 23.8 Å².